The fraction of sp³-hybridized carbons (Fsp3) is 0.294. The van der Waals surface area contributed by atoms with Gasteiger partial charge in [-0.05, 0) is 30.2 Å². The van der Waals surface area contributed by atoms with Crippen LogP contribution < -0.4 is 5.56 Å². The zero-order valence-electron chi connectivity index (χ0n) is 13.4. The van der Waals surface area contributed by atoms with E-state index in [1.807, 2.05) is 0 Å². The second kappa shape index (κ2) is 6.81. The third-order valence-electron chi connectivity index (χ3n) is 4.31. The summed E-state index contributed by atoms with van der Waals surface area (Å²) in [4.78, 5) is 22.9. The minimum atomic E-state index is -3.70. The van der Waals surface area contributed by atoms with E-state index in [1.54, 1.807) is 30.5 Å². The van der Waals surface area contributed by atoms with E-state index in [0.29, 0.717) is 13.0 Å². The molecule has 8 heteroatoms. The summed E-state index contributed by atoms with van der Waals surface area (Å²) in [6.07, 6.45) is 1.99. The molecule has 132 valence electrons. The number of nitrogens with zero attached hydrogens (tertiary/aromatic N) is 2. The average Bonchev–Trinajstić information content (AvgIpc) is 3.09. The van der Waals surface area contributed by atoms with Crippen molar-refractivity contribution in [3.63, 3.8) is 0 Å². The molecule has 0 saturated carbocycles. The van der Waals surface area contributed by atoms with Gasteiger partial charge in [-0.25, -0.2) is 8.42 Å². The molecule has 0 bridgehead atoms. The van der Waals surface area contributed by atoms with Crippen LogP contribution in [-0.4, -0.2) is 41.5 Å². The van der Waals surface area contributed by atoms with E-state index in [1.165, 1.54) is 27.1 Å². The van der Waals surface area contributed by atoms with Gasteiger partial charge in [-0.3, -0.25) is 9.59 Å². The fourth-order valence-electron chi connectivity index (χ4n) is 2.85. The third-order valence-corrected chi connectivity index (χ3v) is 6.19. The van der Waals surface area contributed by atoms with Crippen molar-refractivity contribution < 1.29 is 18.3 Å². The maximum absolute atomic E-state index is 12.6. The number of carbonyl (C=O) groups is 1. The summed E-state index contributed by atoms with van der Waals surface area (Å²) in [5.74, 6) is -1.62. The Hall–Kier alpha value is -2.45. The summed E-state index contributed by atoms with van der Waals surface area (Å²) in [6, 6.07) is 11.2. The maximum atomic E-state index is 12.6. The van der Waals surface area contributed by atoms with E-state index in [-0.39, 0.29) is 23.5 Å². The Kier molecular flexibility index (Phi) is 4.73. The lowest BCUT2D eigenvalue weighted by atomic mass is 10.1. The van der Waals surface area contributed by atoms with Gasteiger partial charge >= 0.3 is 5.97 Å². The number of aliphatic carboxylic acids is 1. The molecule has 1 aromatic heterocycles. The molecule has 2 aromatic rings. The smallest absolute Gasteiger partial charge is 0.307 e. The van der Waals surface area contributed by atoms with E-state index < -0.39 is 21.9 Å². The van der Waals surface area contributed by atoms with Gasteiger partial charge in [0.05, 0.1) is 17.4 Å². The number of hydrogen-bond donors (Lipinski definition) is 1. The Balaban J connectivity index is 1.77. The normalized spacial score (nSPS) is 18.3. The van der Waals surface area contributed by atoms with Gasteiger partial charge in [0.25, 0.3) is 5.56 Å². The summed E-state index contributed by atoms with van der Waals surface area (Å²) in [6.45, 7) is 0.560. The monoisotopic (exact) mass is 362 g/mol. The average molecular weight is 362 g/mol. The molecule has 1 aliphatic rings. The van der Waals surface area contributed by atoms with Gasteiger partial charge in [0.1, 0.15) is 0 Å². The molecule has 0 amide bonds. The van der Waals surface area contributed by atoms with Gasteiger partial charge in [-0.1, -0.05) is 18.2 Å². The molecule has 1 unspecified atom stereocenters. The van der Waals surface area contributed by atoms with E-state index >= 15 is 0 Å². The van der Waals surface area contributed by atoms with Crippen molar-refractivity contribution in [1.29, 1.82) is 0 Å². The molecule has 1 aliphatic heterocycles. The number of carboxylic acids is 1. The lowest BCUT2D eigenvalue weighted by Crippen LogP contribution is -2.30. The van der Waals surface area contributed by atoms with E-state index in [2.05, 4.69) is 0 Å². The molecule has 1 atom stereocenters. The highest BCUT2D eigenvalue weighted by atomic mass is 32.2. The van der Waals surface area contributed by atoms with Gasteiger partial charge < -0.3 is 9.67 Å². The van der Waals surface area contributed by atoms with Crippen LogP contribution in [0.25, 0.3) is 0 Å². The quantitative estimate of drug-likeness (QED) is 0.856. The molecule has 0 radical (unpaired) electrons. The van der Waals surface area contributed by atoms with Crippen LogP contribution in [-0.2, 0) is 21.4 Å². The van der Waals surface area contributed by atoms with Gasteiger partial charge in [0.2, 0.25) is 10.0 Å². The van der Waals surface area contributed by atoms with Crippen LogP contribution in [0.15, 0.2) is 58.4 Å². The largest absolute Gasteiger partial charge is 0.481 e. The van der Waals surface area contributed by atoms with Crippen LogP contribution in [0.2, 0.25) is 0 Å². The summed E-state index contributed by atoms with van der Waals surface area (Å²) < 4.78 is 27.9. The highest BCUT2D eigenvalue weighted by Gasteiger charge is 2.35. The number of carboxylic acid groups (broad SMARTS) is 1. The van der Waals surface area contributed by atoms with Gasteiger partial charge in [0, 0.05) is 25.4 Å². The number of benzene rings is 1. The Morgan fingerprint density at radius 2 is 1.88 bits per heavy atom. The first-order chi connectivity index (χ1) is 11.9. The van der Waals surface area contributed by atoms with Crippen molar-refractivity contribution >= 4 is 16.0 Å². The van der Waals surface area contributed by atoms with Gasteiger partial charge in [-0.15, -0.1) is 0 Å². The van der Waals surface area contributed by atoms with Crippen LogP contribution in [0.1, 0.15) is 12.0 Å². The standard InChI is InChI=1S/C17H18N2O5S/c20-16-3-1-2-9-18(16)11-13-4-6-15(7-5-13)25(23,24)19-10-8-14(12-19)17(21)22/h1-7,9,14H,8,10-12H2,(H,21,22). The number of hydrogen-bond acceptors (Lipinski definition) is 4. The predicted octanol–water partition coefficient (Wildman–Crippen LogP) is 0.992. The second-order valence-corrected chi connectivity index (χ2v) is 7.94. The number of rotatable bonds is 5. The SMILES string of the molecule is O=C(O)C1CCN(S(=O)(=O)c2ccc(Cn3ccccc3=O)cc2)C1. The Morgan fingerprint density at radius 1 is 1.16 bits per heavy atom. The predicted molar refractivity (Wildman–Crippen MR) is 90.7 cm³/mol. The molecule has 1 saturated heterocycles. The lowest BCUT2D eigenvalue weighted by molar-refractivity contribution is -0.141. The molecule has 25 heavy (non-hydrogen) atoms. The Morgan fingerprint density at radius 3 is 2.48 bits per heavy atom. The highest BCUT2D eigenvalue weighted by molar-refractivity contribution is 7.89. The van der Waals surface area contributed by atoms with Crippen molar-refractivity contribution in [3.8, 4) is 0 Å². The summed E-state index contributed by atoms with van der Waals surface area (Å²) in [5, 5.41) is 9.02. The first-order valence-electron chi connectivity index (χ1n) is 7.85. The van der Waals surface area contributed by atoms with Crippen LogP contribution in [0, 0.1) is 5.92 Å². The topological polar surface area (TPSA) is 96.7 Å². The summed E-state index contributed by atoms with van der Waals surface area (Å²) in [7, 11) is -3.70. The molecule has 2 heterocycles. The minimum Gasteiger partial charge on any atom is -0.481 e. The Bertz CT molecular complexity index is 934. The van der Waals surface area contributed by atoms with Crippen molar-refractivity contribution in [2.75, 3.05) is 13.1 Å². The highest BCUT2D eigenvalue weighted by Crippen LogP contribution is 2.24. The van der Waals surface area contributed by atoms with Crippen molar-refractivity contribution in [2.24, 2.45) is 5.92 Å². The number of aromatic nitrogens is 1. The number of pyridine rings is 1. The van der Waals surface area contributed by atoms with Crippen LogP contribution in [0.3, 0.4) is 0 Å². The van der Waals surface area contributed by atoms with Crippen LogP contribution in [0.5, 0.6) is 0 Å². The fourth-order valence-corrected chi connectivity index (χ4v) is 4.35. The van der Waals surface area contributed by atoms with Crippen molar-refractivity contribution in [2.45, 2.75) is 17.9 Å². The minimum absolute atomic E-state index is 0.00116. The Labute approximate surface area is 145 Å². The molecule has 7 nitrogen and oxygen atoms in total. The third kappa shape index (κ3) is 3.64. The molecular formula is C17H18N2O5S. The van der Waals surface area contributed by atoms with Crippen LogP contribution >= 0.6 is 0 Å². The zero-order valence-corrected chi connectivity index (χ0v) is 14.2. The molecule has 0 aliphatic carbocycles. The first kappa shape index (κ1) is 17.4. The maximum Gasteiger partial charge on any atom is 0.307 e. The molecule has 1 fully saturated rings. The second-order valence-electron chi connectivity index (χ2n) is 6.00. The molecule has 1 aromatic carbocycles. The lowest BCUT2D eigenvalue weighted by Gasteiger charge is -2.16. The van der Waals surface area contributed by atoms with E-state index in [9.17, 15) is 18.0 Å². The summed E-state index contributed by atoms with van der Waals surface area (Å²) >= 11 is 0. The molecular weight excluding hydrogens is 344 g/mol. The van der Waals surface area contributed by atoms with E-state index in [0.717, 1.165) is 5.56 Å². The first-order valence-corrected chi connectivity index (χ1v) is 9.29. The van der Waals surface area contributed by atoms with Gasteiger partial charge in [0.15, 0.2) is 0 Å². The zero-order chi connectivity index (χ0) is 18.0. The molecule has 3 rings (SSSR count). The van der Waals surface area contributed by atoms with Crippen molar-refractivity contribution in [1.82, 2.24) is 8.87 Å². The molecule has 1 N–H and O–H groups in total. The van der Waals surface area contributed by atoms with E-state index in [4.69, 9.17) is 5.11 Å². The number of sulfonamides is 1. The van der Waals surface area contributed by atoms with Crippen molar-refractivity contribution in [3.05, 3.63) is 64.6 Å². The van der Waals surface area contributed by atoms with Gasteiger partial charge in [-0.2, -0.15) is 4.31 Å². The van der Waals surface area contributed by atoms with Crippen LogP contribution in [0.4, 0.5) is 0 Å². The summed E-state index contributed by atoms with van der Waals surface area (Å²) in [5.41, 5.74) is 0.674. The molecule has 0 spiro atoms.